The first-order valence-corrected chi connectivity index (χ1v) is 4.99. The van der Waals surface area contributed by atoms with E-state index in [1.165, 1.54) is 12.7 Å². The highest BCUT2D eigenvalue weighted by atomic mass is 16.6. The number of hydrogen-bond donors (Lipinski definition) is 2. The van der Waals surface area contributed by atoms with Crippen LogP contribution in [0.2, 0.25) is 0 Å². The summed E-state index contributed by atoms with van der Waals surface area (Å²) in [6.07, 6.45) is 3.05. The zero-order valence-corrected chi connectivity index (χ0v) is 8.33. The molecule has 2 aromatic heterocycles. The van der Waals surface area contributed by atoms with Gasteiger partial charge in [0.15, 0.2) is 17.5 Å². The molecule has 2 aromatic rings. The molecular weight excluding hydrogens is 224 g/mol. The fraction of sp³-hybridized carbons (Fsp3) is 0.500. The number of nitrogens with one attached hydrogen (secondary N) is 1. The number of fused-ring (bicyclic) bond motifs is 1. The first-order chi connectivity index (χ1) is 7.75. The third-order valence-corrected chi connectivity index (χ3v) is 2.65. The van der Waals surface area contributed by atoms with E-state index >= 15 is 0 Å². The Kier molecular flexibility index (Phi) is 2.95. The van der Waals surface area contributed by atoms with Crippen molar-refractivity contribution in [2.45, 2.75) is 32.8 Å². The molecule has 0 spiro atoms. The Morgan fingerprint density at radius 2 is 2.29 bits per heavy atom. The molecule has 0 radical (unpaired) electrons. The third kappa shape index (κ3) is 1.83. The monoisotopic (exact) mass is 238 g/mol. The summed E-state index contributed by atoms with van der Waals surface area (Å²) >= 11 is 0. The van der Waals surface area contributed by atoms with E-state index in [0.717, 1.165) is 0 Å². The second-order valence-electron chi connectivity index (χ2n) is 3.68. The summed E-state index contributed by atoms with van der Waals surface area (Å²) in [5.74, 6) is 0. The molecule has 3 rings (SSSR count). The van der Waals surface area contributed by atoms with Gasteiger partial charge in [-0.1, -0.05) is 7.43 Å². The van der Waals surface area contributed by atoms with Crippen LogP contribution in [0.1, 0.15) is 26.5 Å². The zero-order valence-electron chi connectivity index (χ0n) is 8.33. The molecule has 0 amide bonds. The van der Waals surface area contributed by atoms with Crippen molar-refractivity contribution in [3.05, 3.63) is 23.0 Å². The molecule has 1 aliphatic heterocycles. The number of ether oxygens (including phenoxy) is 1. The number of aromatic nitrogens is 4. The van der Waals surface area contributed by atoms with E-state index in [1.807, 2.05) is 0 Å². The normalized spacial score (nSPS) is 23.8. The van der Waals surface area contributed by atoms with E-state index in [-0.39, 0.29) is 24.7 Å². The summed E-state index contributed by atoms with van der Waals surface area (Å²) in [5, 5.41) is 9.28. The van der Waals surface area contributed by atoms with Gasteiger partial charge in [0.25, 0.3) is 5.56 Å². The fourth-order valence-corrected chi connectivity index (χ4v) is 1.88. The average Bonchev–Trinajstić information content (AvgIpc) is 2.84. The van der Waals surface area contributed by atoms with E-state index in [1.54, 1.807) is 4.57 Å². The second-order valence-corrected chi connectivity index (χ2v) is 3.68. The largest absolute Gasteiger partial charge is 0.368 e. The molecule has 0 bridgehead atoms. The van der Waals surface area contributed by atoms with Gasteiger partial charge in [-0.05, 0) is 6.42 Å². The van der Waals surface area contributed by atoms with Crippen molar-refractivity contribution >= 4 is 11.2 Å². The van der Waals surface area contributed by atoms with Crippen LogP contribution in [0.3, 0.4) is 0 Å². The van der Waals surface area contributed by atoms with Gasteiger partial charge in [0.1, 0.15) is 6.23 Å². The SMILES string of the molecule is C.O=c1[nH]cnc2c1ncn2C1CCC(O)O1. The smallest absolute Gasteiger partial charge is 0.278 e. The minimum absolute atomic E-state index is 0. The predicted octanol–water partition coefficient (Wildman–Crippen LogP) is 0.383. The number of nitrogens with zero attached hydrogens (tertiary/aromatic N) is 3. The molecule has 2 unspecified atom stereocenters. The van der Waals surface area contributed by atoms with Crippen LogP contribution in [0.25, 0.3) is 11.2 Å². The van der Waals surface area contributed by atoms with Crippen LogP contribution in [0.5, 0.6) is 0 Å². The number of aliphatic hydroxyl groups is 1. The summed E-state index contributed by atoms with van der Waals surface area (Å²) in [6, 6.07) is 0. The molecule has 3 heterocycles. The molecule has 1 aliphatic rings. The first-order valence-electron chi connectivity index (χ1n) is 4.99. The number of H-pyrrole nitrogens is 1. The summed E-state index contributed by atoms with van der Waals surface area (Å²) in [6.45, 7) is 0. The van der Waals surface area contributed by atoms with Crippen LogP contribution in [-0.2, 0) is 4.74 Å². The maximum absolute atomic E-state index is 11.4. The quantitative estimate of drug-likeness (QED) is 0.749. The van der Waals surface area contributed by atoms with Crippen molar-refractivity contribution in [2.24, 2.45) is 0 Å². The van der Waals surface area contributed by atoms with E-state index in [0.29, 0.717) is 18.5 Å². The van der Waals surface area contributed by atoms with Crippen molar-refractivity contribution in [3.8, 4) is 0 Å². The molecule has 0 saturated carbocycles. The standard InChI is InChI=1S/C9H10N4O3.CH4/c14-6-2-1-5(16-6)13-4-12-7-8(13)10-3-11-9(7)15;/h3-6,14H,1-2H2,(H,10,11,15);1H4. The molecule has 2 atom stereocenters. The van der Waals surface area contributed by atoms with Gasteiger partial charge >= 0.3 is 0 Å². The Morgan fingerprint density at radius 1 is 1.47 bits per heavy atom. The summed E-state index contributed by atoms with van der Waals surface area (Å²) < 4.78 is 6.95. The third-order valence-electron chi connectivity index (χ3n) is 2.65. The minimum Gasteiger partial charge on any atom is -0.368 e. The van der Waals surface area contributed by atoms with Crippen LogP contribution < -0.4 is 5.56 Å². The lowest BCUT2D eigenvalue weighted by atomic mass is 10.3. The van der Waals surface area contributed by atoms with Crippen molar-refractivity contribution in [1.29, 1.82) is 0 Å². The number of aliphatic hydroxyl groups excluding tert-OH is 1. The zero-order chi connectivity index (χ0) is 11.1. The van der Waals surface area contributed by atoms with Crippen LogP contribution in [0, 0.1) is 0 Å². The lowest BCUT2D eigenvalue weighted by Gasteiger charge is -2.11. The Hall–Kier alpha value is -1.73. The van der Waals surface area contributed by atoms with Crippen LogP contribution >= 0.6 is 0 Å². The molecular formula is C10H14N4O3. The van der Waals surface area contributed by atoms with Gasteiger partial charge in [0.2, 0.25) is 0 Å². The van der Waals surface area contributed by atoms with Gasteiger partial charge in [-0.25, -0.2) is 9.97 Å². The maximum Gasteiger partial charge on any atom is 0.278 e. The number of hydrogen-bond acceptors (Lipinski definition) is 5. The van der Waals surface area contributed by atoms with Gasteiger partial charge in [0.05, 0.1) is 12.7 Å². The average molecular weight is 238 g/mol. The van der Waals surface area contributed by atoms with Gasteiger partial charge in [-0.15, -0.1) is 0 Å². The predicted molar refractivity (Wildman–Crippen MR) is 60.2 cm³/mol. The minimum atomic E-state index is -0.746. The number of rotatable bonds is 1. The molecule has 92 valence electrons. The first kappa shape index (κ1) is 11.7. The lowest BCUT2D eigenvalue weighted by Crippen LogP contribution is -2.12. The van der Waals surface area contributed by atoms with Gasteiger partial charge in [-0.2, -0.15) is 0 Å². The highest BCUT2D eigenvalue weighted by Crippen LogP contribution is 2.28. The summed E-state index contributed by atoms with van der Waals surface area (Å²) in [4.78, 5) is 21.9. The lowest BCUT2D eigenvalue weighted by molar-refractivity contribution is -0.111. The molecule has 7 nitrogen and oxygen atoms in total. The topological polar surface area (TPSA) is 93.0 Å². The molecule has 1 fully saturated rings. The molecule has 2 N–H and O–H groups in total. The fourth-order valence-electron chi connectivity index (χ4n) is 1.88. The Balaban J connectivity index is 0.00000108. The van der Waals surface area contributed by atoms with Gasteiger partial charge < -0.3 is 14.8 Å². The maximum atomic E-state index is 11.4. The number of imidazole rings is 1. The molecule has 0 aliphatic carbocycles. The Labute approximate surface area is 97.1 Å². The van der Waals surface area contributed by atoms with E-state index in [9.17, 15) is 9.90 Å². The van der Waals surface area contributed by atoms with E-state index in [4.69, 9.17) is 4.74 Å². The van der Waals surface area contributed by atoms with Crippen molar-refractivity contribution < 1.29 is 9.84 Å². The van der Waals surface area contributed by atoms with Crippen LogP contribution in [0.15, 0.2) is 17.4 Å². The number of aromatic amines is 1. The Morgan fingerprint density at radius 3 is 3.00 bits per heavy atom. The Bertz CT molecular complexity index is 576. The highest BCUT2D eigenvalue weighted by Gasteiger charge is 2.26. The molecule has 7 heteroatoms. The summed E-state index contributed by atoms with van der Waals surface area (Å²) in [7, 11) is 0. The van der Waals surface area contributed by atoms with E-state index < -0.39 is 6.29 Å². The van der Waals surface area contributed by atoms with Gasteiger partial charge in [0, 0.05) is 6.42 Å². The molecule has 17 heavy (non-hydrogen) atoms. The van der Waals surface area contributed by atoms with Gasteiger partial charge in [-0.3, -0.25) is 9.36 Å². The van der Waals surface area contributed by atoms with Crippen molar-refractivity contribution in [3.63, 3.8) is 0 Å². The highest BCUT2D eigenvalue weighted by molar-refractivity contribution is 5.68. The summed E-state index contributed by atoms with van der Waals surface area (Å²) in [5.41, 5.74) is 0.484. The van der Waals surface area contributed by atoms with Crippen molar-refractivity contribution in [2.75, 3.05) is 0 Å². The van der Waals surface area contributed by atoms with Crippen molar-refractivity contribution in [1.82, 2.24) is 19.5 Å². The van der Waals surface area contributed by atoms with E-state index in [2.05, 4.69) is 15.0 Å². The second kappa shape index (κ2) is 4.27. The molecule has 0 aromatic carbocycles. The van der Waals surface area contributed by atoms with Crippen LogP contribution in [0.4, 0.5) is 0 Å². The van der Waals surface area contributed by atoms with Crippen LogP contribution in [-0.4, -0.2) is 30.9 Å². The molecule has 1 saturated heterocycles.